The van der Waals surface area contributed by atoms with Crippen molar-refractivity contribution in [3.63, 3.8) is 0 Å². The van der Waals surface area contributed by atoms with E-state index in [0.29, 0.717) is 30.5 Å². The molecule has 1 unspecified atom stereocenters. The molecule has 2 saturated heterocycles. The third-order valence-electron chi connectivity index (χ3n) is 7.91. The molecule has 3 amide bonds. The second kappa shape index (κ2) is 9.03. The molecule has 3 fully saturated rings. The van der Waals surface area contributed by atoms with E-state index in [2.05, 4.69) is 20.4 Å². The normalized spacial score (nSPS) is 27.4. The van der Waals surface area contributed by atoms with Gasteiger partial charge in [0.2, 0.25) is 11.8 Å². The summed E-state index contributed by atoms with van der Waals surface area (Å²) in [6.45, 7) is 2.38. The molecule has 0 radical (unpaired) electrons. The summed E-state index contributed by atoms with van der Waals surface area (Å²) in [6.07, 6.45) is 8.85. The van der Waals surface area contributed by atoms with Crippen LogP contribution in [-0.4, -0.2) is 69.0 Å². The average Bonchev–Trinajstić information content (AvgIpc) is 3.15. The van der Waals surface area contributed by atoms with Crippen molar-refractivity contribution in [2.45, 2.75) is 69.2 Å². The van der Waals surface area contributed by atoms with Gasteiger partial charge in [-0.15, -0.1) is 0 Å². The molecular weight excluding hydrogens is 446 g/mol. The van der Waals surface area contributed by atoms with Crippen molar-refractivity contribution >= 4 is 17.7 Å². The number of fused-ring (bicyclic) bond motifs is 1. The standard InChI is InChI=1S/C26H29N5O4/c32-24-8-7-22(25(33)29-24)31-15-17-11-19(5-6-20(17)26(31)34)35-23-4-2-1-3-21(23)30-13-18(14-30)16-9-10-27-28-12-16/h5-6,9-12,18,21-23H,1-4,7-8,13-15H2,(H,29,32,33)/t21-,22?,23+/m1/s1. The predicted octanol–water partition coefficient (Wildman–Crippen LogP) is 2.03. The summed E-state index contributed by atoms with van der Waals surface area (Å²) < 4.78 is 6.52. The summed E-state index contributed by atoms with van der Waals surface area (Å²) in [4.78, 5) is 40.9. The lowest BCUT2D eigenvalue weighted by Gasteiger charge is -2.48. The lowest BCUT2D eigenvalue weighted by Crippen LogP contribution is -2.57. The molecule has 6 rings (SSSR count). The molecular formula is C26H29N5O4. The molecule has 1 aromatic heterocycles. The van der Waals surface area contributed by atoms with Crippen molar-refractivity contribution in [1.29, 1.82) is 0 Å². The highest BCUT2D eigenvalue weighted by Gasteiger charge is 2.41. The maximum Gasteiger partial charge on any atom is 0.255 e. The molecule has 35 heavy (non-hydrogen) atoms. The minimum Gasteiger partial charge on any atom is -0.489 e. The molecule has 182 valence electrons. The van der Waals surface area contributed by atoms with Crippen LogP contribution in [0.15, 0.2) is 36.7 Å². The fourth-order valence-corrected chi connectivity index (χ4v) is 5.97. The number of hydrogen-bond acceptors (Lipinski definition) is 7. The molecule has 0 bridgehead atoms. The van der Waals surface area contributed by atoms with Crippen molar-refractivity contribution < 1.29 is 19.1 Å². The Labute approximate surface area is 203 Å². The molecule has 2 aromatic rings. The van der Waals surface area contributed by atoms with Gasteiger partial charge in [0.1, 0.15) is 17.9 Å². The minimum absolute atomic E-state index is 0.113. The SMILES string of the molecule is O=C1CCC(N2Cc3cc(O[C@H]4CCCC[C@H]4N4CC(c5ccnnc5)C4)ccc3C2=O)C(=O)N1. The van der Waals surface area contributed by atoms with E-state index < -0.39 is 6.04 Å². The predicted molar refractivity (Wildman–Crippen MR) is 126 cm³/mol. The maximum absolute atomic E-state index is 13.0. The summed E-state index contributed by atoms with van der Waals surface area (Å²) >= 11 is 0. The molecule has 1 N–H and O–H groups in total. The topological polar surface area (TPSA) is 105 Å². The zero-order valence-electron chi connectivity index (χ0n) is 19.6. The number of nitrogens with one attached hydrogen (secondary N) is 1. The fraction of sp³-hybridized carbons (Fsp3) is 0.500. The van der Waals surface area contributed by atoms with Gasteiger partial charge in [0.25, 0.3) is 5.91 Å². The first-order chi connectivity index (χ1) is 17.1. The lowest BCUT2D eigenvalue weighted by molar-refractivity contribution is -0.136. The summed E-state index contributed by atoms with van der Waals surface area (Å²) in [6, 6.07) is 7.46. The van der Waals surface area contributed by atoms with Crippen LogP contribution in [0.3, 0.4) is 0 Å². The number of imide groups is 1. The van der Waals surface area contributed by atoms with Crippen LogP contribution in [0.25, 0.3) is 0 Å². The zero-order valence-corrected chi connectivity index (χ0v) is 19.6. The van der Waals surface area contributed by atoms with Crippen molar-refractivity contribution in [3.05, 3.63) is 53.3 Å². The number of carbonyl (C=O) groups excluding carboxylic acids is 3. The zero-order chi connectivity index (χ0) is 23.9. The van der Waals surface area contributed by atoms with Crippen LogP contribution < -0.4 is 10.1 Å². The molecule has 9 nitrogen and oxygen atoms in total. The Bertz CT molecular complexity index is 1150. The molecule has 1 aliphatic carbocycles. The van der Waals surface area contributed by atoms with E-state index in [1.807, 2.05) is 30.5 Å². The molecule has 1 aromatic carbocycles. The number of likely N-dealkylation sites (tertiary alicyclic amines) is 1. The Hall–Kier alpha value is -3.33. The van der Waals surface area contributed by atoms with Gasteiger partial charge in [-0.25, -0.2) is 0 Å². The van der Waals surface area contributed by atoms with Crippen LogP contribution in [0, 0.1) is 0 Å². The van der Waals surface area contributed by atoms with Gasteiger partial charge in [-0.1, -0.05) is 6.42 Å². The Morgan fingerprint density at radius 2 is 1.86 bits per heavy atom. The van der Waals surface area contributed by atoms with Gasteiger partial charge in [-0.2, -0.15) is 10.2 Å². The Morgan fingerprint density at radius 3 is 2.66 bits per heavy atom. The van der Waals surface area contributed by atoms with Crippen LogP contribution in [0.1, 0.15) is 65.9 Å². The van der Waals surface area contributed by atoms with Gasteiger partial charge in [-0.3, -0.25) is 24.6 Å². The highest BCUT2D eigenvalue weighted by molar-refractivity contribution is 6.05. The van der Waals surface area contributed by atoms with Gasteiger partial charge in [-0.05, 0) is 61.1 Å². The Morgan fingerprint density at radius 1 is 1.00 bits per heavy atom. The molecule has 4 aliphatic rings. The number of rotatable bonds is 5. The molecule has 3 atom stereocenters. The van der Waals surface area contributed by atoms with E-state index in [1.54, 1.807) is 11.1 Å². The maximum atomic E-state index is 13.0. The van der Waals surface area contributed by atoms with Crippen LogP contribution >= 0.6 is 0 Å². The summed E-state index contributed by atoms with van der Waals surface area (Å²) in [5.41, 5.74) is 2.73. The lowest BCUT2D eigenvalue weighted by atomic mass is 9.85. The molecule has 3 aliphatic heterocycles. The van der Waals surface area contributed by atoms with E-state index in [1.165, 1.54) is 12.0 Å². The third-order valence-corrected chi connectivity index (χ3v) is 7.91. The fourth-order valence-electron chi connectivity index (χ4n) is 5.97. The number of carbonyl (C=O) groups is 3. The van der Waals surface area contributed by atoms with Crippen molar-refractivity contribution in [2.24, 2.45) is 0 Å². The average molecular weight is 476 g/mol. The highest BCUT2D eigenvalue weighted by atomic mass is 16.5. The van der Waals surface area contributed by atoms with Crippen LogP contribution in [0.4, 0.5) is 0 Å². The van der Waals surface area contributed by atoms with Gasteiger partial charge < -0.3 is 9.64 Å². The number of benzene rings is 1. The Kier molecular flexibility index (Phi) is 5.72. The van der Waals surface area contributed by atoms with Crippen LogP contribution in [-0.2, 0) is 16.1 Å². The largest absolute Gasteiger partial charge is 0.489 e. The van der Waals surface area contributed by atoms with Crippen LogP contribution in [0.5, 0.6) is 5.75 Å². The third kappa shape index (κ3) is 4.18. The number of hydrogen-bond donors (Lipinski definition) is 1. The van der Waals surface area contributed by atoms with Crippen molar-refractivity contribution in [2.75, 3.05) is 13.1 Å². The van der Waals surface area contributed by atoms with E-state index in [0.717, 1.165) is 43.7 Å². The quantitative estimate of drug-likeness (QED) is 0.660. The number of amides is 3. The van der Waals surface area contributed by atoms with Gasteiger partial charge in [0.15, 0.2) is 0 Å². The number of piperidine rings is 1. The van der Waals surface area contributed by atoms with E-state index in [-0.39, 0.29) is 30.2 Å². The van der Waals surface area contributed by atoms with Crippen LogP contribution in [0.2, 0.25) is 0 Å². The molecule has 1 saturated carbocycles. The van der Waals surface area contributed by atoms with E-state index in [9.17, 15) is 14.4 Å². The van der Waals surface area contributed by atoms with E-state index in [4.69, 9.17) is 4.74 Å². The second-order valence-electron chi connectivity index (χ2n) is 10.1. The smallest absolute Gasteiger partial charge is 0.255 e. The monoisotopic (exact) mass is 475 g/mol. The van der Waals surface area contributed by atoms with Gasteiger partial charge in [0, 0.05) is 49.8 Å². The summed E-state index contributed by atoms with van der Waals surface area (Å²) in [5, 5.41) is 10.2. The first-order valence-electron chi connectivity index (χ1n) is 12.5. The Balaban J connectivity index is 1.12. The molecule has 0 spiro atoms. The minimum atomic E-state index is -0.602. The number of nitrogens with zero attached hydrogens (tertiary/aromatic N) is 4. The highest BCUT2D eigenvalue weighted by Crippen LogP contribution is 2.36. The summed E-state index contributed by atoms with van der Waals surface area (Å²) in [7, 11) is 0. The van der Waals surface area contributed by atoms with Gasteiger partial charge >= 0.3 is 0 Å². The molecule has 9 heteroatoms. The van der Waals surface area contributed by atoms with Crippen molar-refractivity contribution in [3.8, 4) is 5.75 Å². The van der Waals surface area contributed by atoms with Gasteiger partial charge in [0.05, 0.1) is 6.20 Å². The number of aromatic nitrogens is 2. The van der Waals surface area contributed by atoms with Crippen molar-refractivity contribution in [1.82, 2.24) is 25.3 Å². The first-order valence-corrected chi connectivity index (χ1v) is 12.5. The van der Waals surface area contributed by atoms with E-state index >= 15 is 0 Å². The second-order valence-corrected chi connectivity index (χ2v) is 10.1. The summed E-state index contributed by atoms with van der Waals surface area (Å²) in [5.74, 6) is 0.443. The first kappa shape index (κ1) is 22.2. The number of ether oxygens (including phenoxy) is 1. The molecule has 4 heterocycles.